The van der Waals surface area contributed by atoms with E-state index in [0.717, 1.165) is 0 Å². The third-order valence-corrected chi connectivity index (χ3v) is 3.22. The maximum atomic E-state index is 11.9. The standard InChI is InChI=1S/C13H22N4O3/c1-9-14-11(18)17(15-9)10-5-7-16(8-6-10)12(19)20-13(2,3)4/h10H,5-8H2,1-4H3,(H,14,15,18). The summed E-state index contributed by atoms with van der Waals surface area (Å²) in [7, 11) is 0. The average Bonchev–Trinajstić information content (AvgIpc) is 2.66. The fourth-order valence-corrected chi connectivity index (χ4v) is 2.31. The smallest absolute Gasteiger partial charge is 0.410 e. The van der Waals surface area contributed by atoms with E-state index in [1.807, 2.05) is 20.8 Å². The summed E-state index contributed by atoms with van der Waals surface area (Å²) in [5.74, 6) is 0.615. The first kappa shape index (κ1) is 14.6. The zero-order chi connectivity index (χ0) is 14.9. The molecule has 0 aromatic carbocycles. The van der Waals surface area contributed by atoms with Crippen LogP contribution in [-0.2, 0) is 4.74 Å². The first-order valence-corrected chi connectivity index (χ1v) is 6.89. The summed E-state index contributed by atoms with van der Waals surface area (Å²) in [6, 6.07) is 0.0473. The highest BCUT2D eigenvalue weighted by Crippen LogP contribution is 2.22. The van der Waals surface area contributed by atoms with Crippen LogP contribution in [0.2, 0.25) is 0 Å². The van der Waals surface area contributed by atoms with Gasteiger partial charge in [0.15, 0.2) is 0 Å². The number of aromatic amines is 1. The van der Waals surface area contributed by atoms with Gasteiger partial charge in [0.05, 0.1) is 6.04 Å². The zero-order valence-corrected chi connectivity index (χ0v) is 12.5. The van der Waals surface area contributed by atoms with Crippen LogP contribution in [0.3, 0.4) is 0 Å². The number of piperidine rings is 1. The number of carbonyl (C=O) groups is 1. The van der Waals surface area contributed by atoms with Crippen molar-refractivity contribution < 1.29 is 9.53 Å². The molecule has 112 valence electrons. The maximum Gasteiger partial charge on any atom is 0.410 e. The monoisotopic (exact) mass is 282 g/mol. The van der Waals surface area contributed by atoms with Crippen molar-refractivity contribution in [2.24, 2.45) is 0 Å². The predicted octanol–water partition coefficient (Wildman–Crippen LogP) is 1.45. The highest BCUT2D eigenvalue weighted by atomic mass is 16.6. The quantitative estimate of drug-likeness (QED) is 0.845. The molecule has 7 heteroatoms. The molecule has 2 heterocycles. The largest absolute Gasteiger partial charge is 0.444 e. The number of carbonyl (C=O) groups excluding carboxylic acids is 1. The molecule has 1 N–H and O–H groups in total. The number of H-pyrrole nitrogens is 1. The van der Waals surface area contributed by atoms with Gasteiger partial charge in [0.25, 0.3) is 0 Å². The molecule has 0 unspecified atom stereocenters. The van der Waals surface area contributed by atoms with Gasteiger partial charge in [0.1, 0.15) is 11.4 Å². The van der Waals surface area contributed by atoms with Gasteiger partial charge < -0.3 is 9.64 Å². The number of aryl methyl sites for hydroxylation is 1. The lowest BCUT2D eigenvalue weighted by molar-refractivity contribution is 0.0183. The number of hydrogen-bond acceptors (Lipinski definition) is 4. The molecule has 0 radical (unpaired) electrons. The molecule has 20 heavy (non-hydrogen) atoms. The molecule has 1 saturated heterocycles. The van der Waals surface area contributed by atoms with Crippen LogP contribution in [0.1, 0.15) is 45.5 Å². The second-order valence-electron chi connectivity index (χ2n) is 6.16. The molecular weight excluding hydrogens is 260 g/mol. The van der Waals surface area contributed by atoms with Crippen LogP contribution in [0.15, 0.2) is 4.79 Å². The van der Waals surface area contributed by atoms with E-state index in [1.54, 1.807) is 11.8 Å². The molecule has 0 aliphatic carbocycles. The van der Waals surface area contributed by atoms with E-state index >= 15 is 0 Å². The summed E-state index contributed by atoms with van der Waals surface area (Å²) in [6.45, 7) is 8.47. The molecule has 1 aromatic heterocycles. The molecule has 1 aliphatic heterocycles. The topological polar surface area (TPSA) is 80.2 Å². The van der Waals surface area contributed by atoms with E-state index in [4.69, 9.17) is 4.74 Å². The van der Waals surface area contributed by atoms with Crippen molar-refractivity contribution in [3.8, 4) is 0 Å². The Labute approximate surface area is 117 Å². The second kappa shape index (κ2) is 5.30. The van der Waals surface area contributed by atoms with E-state index in [0.29, 0.717) is 31.8 Å². The van der Waals surface area contributed by atoms with Gasteiger partial charge in [0, 0.05) is 13.1 Å². The number of ether oxygens (including phenoxy) is 1. The molecule has 0 bridgehead atoms. The number of rotatable bonds is 1. The third kappa shape index (κ3) is 3.40. The first-order chi connectivity index (χ1) is 9.26. The van der Waals surface area contributed by atoms with Crippen molar-refractivity contribution in [1.82, 2.24) is 19.7 Å². The van der Waals surface area contributed by atoms with Crippen LogP contribution in [0.25, 0.3) is 0 Å². The van der Waals surface area contributed by atoms with E-state index < -0.39 is 5.60 Å². The van der Waals surface area contributed by atoms with Crippen LogP contribution in [0.5, 0.6) is 0 Å². The van der Waals surface area contributed by atoms with Crippen LogP contribution < -0.4 is 5.69 Å². The summed E-state index contributed by atoms with van der Waals surface area (Å²) in [5, 5.41) is 4.18. The highest BCUT2D eigenvalue weighted by Gasteiger charge is 2.28. The molecular formula is C13H22N4O3. The van der Waals surface area contributed by atoms with Crippen LogP contribution in [-0.4, -0.2) is 44.4 Å². The summed E-state index contributed by atoms with van der Waals surface area (Å²) < 4.78 is 6.83. The Bertz CT molecular complexity index is 533. The number of nitrogens with zero attached hydrogens (tertiary/aromatic N) is 3. The predicted molar refractivity (Wildman–Crippen MR) is 73.7 cm³/mol. The van der Waals surface area contributed by atoms with Crippen molar-refractivity contribution in [3.63, 3.8) is 0 Å². The van der Waals surface area contributed by atoms with Gasteiger partial charge in [-0.05, 0) is 40.5 Å². The highest BCUT2D eigenvalue weighted by molar-refractivity contribution is 5.68. The van der Waals surface area contributed by atoms with Crippen molar-refractivity contribution in [2.45, 2.75) is 52.2 Å². The normalized spacial score (nSPS) is 17.3. The van der Waals surface area contributed by atoms with Gasteiger partial charge in [-0.1, -0.05) is 0 Å². The van der Waals surface area contributed by atoms with Crippen LogP contribution in [0.4, 0.5) is 4.79 Å². The van der Waals surface area contributed by atoms with Crippen molar-refractivity contribution in [2.75, 3.05) is 13.1 Å². The summed E-state index contributed by atoms with van der Waals surface area (Å²) in [5.41, 5.74) is -0.664. The molecule has 0 atom stereocenters. The molecule has 2 rings (SSSR count). The maximum absolute atomic E-state index is 11.9. The average molecular weight is 282 g/mol. The van der Waals surface area contributed by atoms with Crippen LogP contribution in [0, 0.1) is 6.92 Å². The van der Waals surface area contributed by atoms with Gasteiger partial charge in [-0.3, -0.25) is 4.98 Å². The van der Waals surface area contributed by atoms with Crippen molar-refractivity contribution >= 4 is 6.09 Å². The fourth-order valence-electron chi connectivity index (χ4n) is 2.31. The van der Waals surface area contributed by atoms with Crippen molar-refractivity contribution in [1.29, 1.82) is 0 Å². The Hall–Kier alpha value is -1.79. The van der Waals surface area contributed by atoms with Crippen LogP contribution >= 0.6 is 0 Å². The molecule has 0 spiro atoms. The summed E-state index contributed by atoms with van der Waals surface area (Å²) >= 11 is 0. The summed E-state index contributed by atoms with van der Waals surface area (Å²) in [6.07, 6.45) is 1.13. The van der Waals surface area contributed by atoms with Gasteiger partial charge >= 0.3 is 11.8 Å². The van der Waals surface area contributed by atoms with E-state index in [-0.39, 0.29) is 17.8 Å². The van der Waals surface area contributed by atoms with Gasteiger partial charge in [-0.25, -0.2) is 14.3 Å². The Morgan fingerprint density at radius 1 is 1.35 bits per heavy atom. The number of likely N-dealkylation sites (tertiary alicyclic amines) is 1. The number of amides is 1. The Kier molecular flexibility index (Phi) is 3.87. The zero-order valence-electron chi connectivity index (χ0n) is 12.5. The van der Waals surface area contributed by atoms with E-state index in [2.05, 4.69) is 10.1 Å². The molecule has 0 saturated carbocycles. The lowest BCUT2D eigenvalue weighted by atomic mass is 10.1. The fraction of sp³-hybridized carbons (Fsp3) is 0.769. The van der Waals surface area contributed by atoms with E-state index in [1.165, 1.54) is 4.68 Å². The Morgan fingerprint density at radius 2 is 1.95 bits per heavy atom. The van der Waals surface area contributed by atoms with Gasteiger partial charge in [-0.15, -0.1) is 0 Å². The Balaban J connectivity index is 1.94. The molecule has 1 fully saturated rings. The molecule has 1 amide bonds. The minimum atomic E-state index is -0.482. The first-order valence-electron chi connectivity index (χ1n) is 6.89. The number of hydrogen-bond donors (Lipinski definition) is 1. The molecule has 1 aromatic rings. The molecule has 7 nitrogen and oxygen atoms in total. The molecule has 1 aliphatic rings. The third-order valence-electron chi connectivity index (χ3n) is 3.22. The van der Waals surface area contributed by atoms with Gasteiger partial charge in [0.2, 0.25) is 0 Å². The number of nitrogens with one attached hydrogen (secondary N) is 1. The minimum absolute atomic E-state index is 0.0473. The van der Waals surface area contributed by atoms with E-state index in [9.17, 15) is 9.59 Å². The SMILES string of the molecule is Cc1nn(C2CCN(C(=O)OC(C)(C)C)CC2)c(=O)[nH]1. The number of aromatic nitrogens is 3. The lowest BCUT2D eigenvalue weighted by Gasteiger charge is -2.33. The van der Waals surface area contributed by atoms with Crippen molar-refractivity contribution in [3.05, 3.63) is 16.3 Å². The Morgan fingerprint density at radius 3 is 2.40 bits per heavy atom. The summed E-state index contributed by atoms with van der Waals surface area (Å²) in [4.78, 5) is 28.0. The lowest BCUT2D eigenvalue weighted by Crippen LogP contribution is -2.43. The van der Waals surface area contributed by atoms with Gasteiger partial charge in [-0.2, -0.15) is 5.10 Å². The minimum Gasteiger partial charge on any atom is -0.444 e. The second-order valence-corrected chi connectivity index (χ2v) is 6.16.